The van der Waals surface area contributed by atoms with Crippen molar-refractivity contribution in [3.8, 4) is 0 Å². The van der Waals surface area contributed by atoms with Gasteiger partial charge in [0.05, 0.1) is 10.6 Å². The Kier molecular flexibility index (Phi) is 4.05. The smallest absolute Gasteiger partial charge is 0.178 e. The molecule has 0 radical (unpaired) electrons. The molecule has 116 valence electrons. The van der Waals surface area contributed by atoms with E-state index in [2.05, 4.69) is 11.6 Å². The van der Waals surface area contributed by atoms with Gasteiger partial charge >= 0.3 is 0 Å². The fourth-order valence-corrected chi connectivity index (χ4v) is 5.68. The molecule has 1 atom stereocenters. The van der Waals surface area contributed by atoms with Gasteiger partial charge in [0.2, 0.25) is 0 Å². The molecule has 1 aliphatic carbocycles. The van der Waals surface area contributed by atoms with Gasteiger partial charge in [0.1, 0.15) is 5.82 Å². The molecular weight excluding hydrogens is 309 g/mol. The van der Waals surface area contributed by atoms with Gasteiger partial charge in [-0.25, -0.2) is 12.8 Å². The average molecular weight is 329 g/mol. The first-order valence-corrected chi connectivity index (χ1v) is 10.1. The van der Waals surface area contributed by atoms with Crippen LogP contribution in [0.25, 0.3) is 0 Å². The van der Waals surface area contributed by atoms with Crippen LogP contribution in [0.4, 0.5) is 4.39 Å². The molecule has 21 heavy (non-hydrogen) atoms. The molecule has 1 aromatic carbocycles. The number of benzene rings is 1. The Morgan fingerprint density at radius 3 is 2.81 bits per heavy atom. The zero-order valence-electron chi connectivity index (χ0n) is 12.1. The minimum Gasteiger partial charge on any atom is -0.308 e. The second-order valence-electron chi connectivity index (χ2n) is 5.96. The highest BCUT2D eigenvalue weighted by molar-refractivity contribution is 8.00. The lowest BCUT2D eigenvalue weighted by Gasteiger charge is -2.42. The summed E-state index contributed by atoms with van der Waals surface area (Å²) in [7, 11) is -3.25. The molecule has 3 nitrogen and oxygen atoms in total. The van der Waals surface area contributed by atoms with Crippen molar-refractivity contribution in [1.29, 1.82) is 0 Å². The van der Waals surface area contributed by atoms with E-state index in [-0.39, 0.29) is 22.4 Å². The van der Waals surface area contributed by atoms with Crippen molar-refractivity contribution in [2.24, 2.45) is 0 Å². The Hall–Kier alpha value is -0.590. The lowest BCUT2D eigenvalue weighted by Crippen LogP contribution is -2.45. The number of nitrogens with one attached hydrogen (secondary N) is 1. The summed E-state index contributed by atoms with van der Waals surface area (Å²) in [4.78, 5) is 0.291. The first kappa shape index (κ1) is 15.3. The molecule has 1 saturated carbocycles. The summed E-state index contributed by atoms with van der Waals surface area (Å²) in [6.45, 7) is 0.856. The Morgan fingerprint density at radius 2 is 2.19 bits per heavy atom. The van der Waals surface area contributed by atoms with Gasteiger partial charge in [0.25, 0.3) is 0 Å². The Labute approximate surface area is 129 Å². The summed E-state index contributed by atoms with van der Waals surface area (Å²) in [5.74, 6) is -0.240. The molecule has 2 aliphatic rings. The maximum absolute atomic E-state index is 13.5. The quantitative estimate of drug-likeness (QED) is 0.863. The lowest BCUT2D eigenvalue weighted by molar-refractivity contribution is 0.326. The third kappa shape index (κ3) is 2.85. The van der Waals surface area contributed by atoms with E-state index in [9.17, 15) is 12.8 Å². The number of halogens is 1. The normalized spacial score (nSPS) is 25.9. The van der Waals surface area contributed by atoms with Gasteiger partial charge in [-0.15, -0.1) is 0 Å². The Bertz CT molecular complexity index is 636. The van der Waals surface area contributed by atoms with E-state index in [1.165, 1.54) is 37.5 Å². The van der Waals surface area contributed by atoms with E-state index >= 15 is 0 Å². The highest BCUT2D eigenvalue weighted by Crippen LogP contribution is 2.43. The first-order chi connectivity index (χ1) is 9.96. The minimum absolute atomic E-state index is 0.0659. The van der Waals surface area contributed by atoms with Crippen molar-refractivity contribution < 1.29 is 12.8 Å². The van der Waals surface area contributed by atoms with Crippen LogP contribution in [0.1, 0.15) is 37.3 Å². The van der Waals surface area contributed by atoms with Crippen LogP contribution in [-0.4, -0.2) is 31.7 Å². The summed E-state index contributed by atoms with van der Waals surface area (Å²) in [5, 5.41) is 3.48. The van der Waals surface area contributed by atoms with Crippen LogP contribution in [-0.2, 0) is 9.84 Å². The second kappa shape index (κ2) is 5.56. The highest BCUT2D eigenvalue weighted by Gasteiger charge is 2.38. The van der Waals surface area contributed by atoms with Crippen LogP contribution in [0, 0.1) is 5.82 Å². The van der Waals surface area contributed by atoms with Gasteiger partial charge in [-0.05, 0) is 49.3 Å². The van der Waals surface area contributed by atoms with Gasteiger partial charge in [-0.1, -0.05) is 6.42 Å². The summed E-state index contributed by atoms with van der Waals surface area (Å²) < 4.78 is 38.0. The van der Waals surface area contributed by atoms with Gasteiger partial charge in [-0.3, -0.25) is 0 Å². The molecule has 0 amide bonds. The topological polar surface area (TPSA) is 46.2 Å². The minimum atomic E-state index is -3.25. The monoisotopic (exact) mass is 329 g/mol. The second-order valence-corrected chi connectivity index (χ2v) is 9.32. The predicted molar refractivity (Wildman–Crippen MR) is 83.9 cm³/mol. The standard InChI is InChI=1S/C15H20FNO2S2/c1-20-15(6-2-7-15)10-17-13-5-8-21(18,19)14-4-3-11(16)9-12(13)14/h3-4,9,13,17H,2,5-8,10H2,1H3. The third-order valence-electron chi connectivity index (χ3n) is 4.73. The number of thioether (sulfide) groups is 1. The van der Waals surface area contributed by atoms with Crippen molar-refractivity contribution in [2.45, 2.75) is 41.4 Å². The number of hydrogen-bond donors (Lipinski definition) is 1. The summed E-state index contributed by atoms with van der Waals surface area (Å²) in [6, 6.07) is 3.94. The molecule has 0 spiro atoms. The van der Waals surface area contributed by atoms with Crippen molar-refractivity contribution in [1.82, 2.24) is 5.32 Å². The Balaban J connectivity index is 1.83. The fraction of sp³-hybridized carbons (Fsp3) is 0.600. The molecule has 1 unspecified atom stereocenters. The maximum Gasteiger partial charge on any atom is 0.178 e. The summed E-state index contributed by atoms with van der Waals surface area (Å²) >= 11 is 1.88. The zero-order chi connectivity index (χ0) is 15.1. The van der Waals surface area contributed by atoms with Crippen molar-refractivity contribution in [3.63, 3.8) is 0 Å². The Morgan fingerprint density at radius 1 is 1.43 bits per heavy atom. The SMILES string of the molecule is CSC1(CNC2CCS(=O)(=O)c3ccc(F)cc32)CCC1. The molecule has 1 fully saturated rings. The van der Waals surface area contributed by atoms with Crippen molar-refractivity contribution >= 4 is 21.6 Å². The van der Waals surface area contributed by atoms with Crippen LogP contribution in [0.3, 0.4) is 0 Å². The number of rotatable bonds is 4. The highest BCUT2D eigenvalue weighted by atomic mass is 32.2. The van der Waals surface area contributed by atoms with Gasteiger partial charge in [0, 0.05) is 17.3 Å². The number of hydrogen-bond acceptors (Lipinski definition) is 4. The molecule has 0 saturated heterocycles. The van der Waals surface area contributed by atoms with Crippen LogP contribution in [0.5, 0.6) is 0 Å². The molecule has 0 bridgehead atoms. The molecule has 1 heterocycles. The van der Waals surface area contributed by atoms with Gasteiger partial charge in [-0.2, -0.15) is 11.8 Å². The van der Waals surface area contributed by atoms with Crippen LogP contribution in [0.2, 0.25) is 0 Å². The van der Waals surface area contributed by atoms with E-state index in [4.69, 9.17) is 0 Å². The molecular formula is C15H20FNO2S2. The van der Waals surface area contributed by atoms with E-state index in [1.807, 2.05) is 11.8 Å². The number of fused-ring (bicyclic) bond motifs is 1. The van der Waals surface area contributed by atoms with Crippen LogP contribution in [0.15, 0.2) is 23.1 Å². The lowest BCUT2D eigenvalue weighted by atomic mass is 9.84. The fourth-order valence-electron chi connectivity index (χ4n) is 3.16. The largest absolute Gasteiger partial charge is 0.308 e. The molecule has 1 aliphatic heterocycles. The van der Waals surface area contributed by atoms with Crippen LogP contribution >= 0.6 is 11.8 Å². The zero-order valence-corrected chi connectivity index (χ0v) is 13.7. The van der Waals surface area contributed by atoms with E-state index in [0.29, 0.717) is 16.9 Å². The average Bonchev–Trinajstić information content (AvgIpc) is 2.40. The molecule has 1 aromatic rings. The maximum atomic E-state index is 13.5. The van der Waals surface area contributed by atoms with Crippen LogP contribution < -0.4 is 5.32 Å². The van der Waals surface area contributed by atoms with Gasteiger partial charge in [0.15, 0.2) is 9.84 Å². The van der Waals surface area contributed by atoms with E-state index < -0.39 is 9.84 Å². The van der Waals surface area contributed by atoms with Gasteiger partial charge < -0.3 is 5.32 Å². The summed E-state index contributed by atoms with van der Waals surface area (Å²) in [5.41, 5.74) is 0.594. The predicted octanol–water partition coefficient (Wildman–Crippen LogP) is 2.92. The van der Waals surface area contributed by atoms with Crippen molar-refractivity contribution in [3.05, 3.63) is 29.6 Å². The number of sulfone groups is 1. The first-order valence-electron chi connectivity index (χ1n) is 7.27. The molecule has 1 N–H and O–H groups in total. The molecule has 6 heteroatoms. The van der Waals surface area contributed by atoms with E-state index in [1.54, 1.807) is 0 Å². The third-order valence-corrected chi connectivity index (χ3v) is 7.96. The van der Waals surface area contributed by atoms with E-state index in [0.717, 1.165) is 6.54 Å². The van der Waals surface area contributed by atoms with Crippen molar-refractivity contribution in [2.75, 3.05) is 18.6 Å². The summed E-state index contributed by atoms with van der Waals surface area (Å²) in [6.07, 6.45) is 6.29. The molecule has 0 aromatic heterocycles. The molecule has 3 rings (SSSR count).